The Morgan fingerprint density at radius 3 is 2.88 bits per heavy atom. The Labute approximate surface area is 112 Å². The molecule has 2 atom stereocenters. The van der Waals surface area contributed by atoms with Crippen molar-refractivity contribution in [2.45, 2.75) is 26.3 Å². The smallest absolute Gasteiger partial charge is 0.244 e. The van der Waals surface area contributed by atoms with Gasteiger partial charge in [-0.05, 0) is 34.0 Å². The Hall–Kier alpha value is -0.720. The fraction of sp³-hybridized carbons (Fsp3) is 0.455. The fourth-order valence-corrected chi connectivity index (χ4v) is 2.71. The van der Waals surface area contributed by atoms with Gasteiger partial charge in [-0.15, -0.1) is 11.3 Å². The van der Waals surface area contributed by atoms with E-state index in [0.717, 1.165) is 15.1 Å². The number of nitrogens with two attached hydrogens (primary N) is 1. The van der Waals surface area contributed by atoms with Crippen LogP contribution in [0, 0.1) is 5.92 Å². The van der Waals surface area contributed by atoms with E-state index in [9.17, 15) is 0 Å². The predicted molar refractivity (Wildman–Crippen MR) is 71.7 cm³/mol. The van der Waals surface area contributed by atoms with Gasteiger partial charge in [-0.3, -0.25) is 0 Å². The largest absolute Gasteiger partial charge is 0.337 e. The molecule has 0 bridgehead atoms. The van der Waals surface area contributed by atoms with Gasteiger partial charge in [-0.2, -0.15) is 4.98 Å². The molecule has 2 aromatic heterocycles. The summed E-state index contributed by atoms with van der Waals surface area (Å²) in [7, 11) is 0. The third kappa shape index (κ3) is 2.75. The van der Waals surface area contributed by atoms with Crippen LogP contribution in [0.5, 0.6) is 0 Å². The number of aromatic nitrogens is 2. The van der Waals surface area contributed by atoms with Crippen molar-refractivity contribution in [1.82, 2.24) is 10.1 Å². The summed E-state index contributed by atoms with van der Waals surface area (Å²) in [6.07, 6.45) is 0.990. The summed E-state index contributed by atoms with van der Waals surface area (Å²) in [6, 6.07) is 3.73. The third-order valence-corrected chi connectivity index (χ3v) is 4.40. The first-order valence-corrected chi connectivity index (χ1v) is 7.07. The minimum absolute atomic E-state index is 0.190. The van der Waals surface area contributed by atoms with Crippen molar-refractivity contribution in [2.24, 2.45) is 11.7 Å². The summed E-state index contributed by atoms with van der Waals surface area (Å²) in [5.41, 5.74) is 6.04. The molecular weight excluding hydrogens is 302 g/mol. The van der Waals surface area contributed by atoms with Gasteiger partial charge < -0.3 is 10.3 Å². The maximum absolute atomic E-state index is 6.04. The Morgan fingerprint density at radius 1 is 1.53 bits per heavy atom. The first-order valence-electron chi connectivity index (χ1n) is 5.46. The monoisotopic (exact) mass is 315 g/mol. The summed E-state index contributed by atoms with van der Waals surface area (Å²) >= 11 is 4.98. The SMILES string of the molecule is CC[C@H](C)[C@H](N)c1nc(-c2ccc(Br)s2)no1. The number of halogens is 1. The van der Waals surface area contributed by atoms with Gasteiger partial charge in [0.15, 0.2) is 0 Å². The van der Waals surface area contributed by atoms with E-state index in [1.165, 1.54) is 0 Å². The minimum Gasteiger partial charge on any atom is -0.337 e. The molecule has 0 amide bonds. The van der Waals surface area contributed by atoms with Crippen molar-refractivity contribution in [3.8, 4) is 10.7 Å². The molecule has 0 radical (unpaired) electrons. The molecule has 0 saturated carbocycles. The van der Waals surface area contributed by atoms with Gasteiger partial charge >= 0.3 is 0 Å². The van der Waals surface area contributed by atoms with Gasteiger partial charge in [0, 0.05) is 0 Å². The summed E-state index contributed by atoms with van der Waals surface area (Å²) in [5.74, 6) is 1.45. The van der Waals surface area contributed by atoms with E-state index in [-0.39, 0.29) is 6.04 Å². The quantitative estimate of drug-likeness (QED) is 0.936. The van der Waals surface area contributed by atoms with E-state index in [1.54, 1.807) is 11.3 Å². The molecule has 4 nitrogen and oxygen atoms in total. The lowest BCUT2D eigenvalue weighted by Crippen LogP contribution is -2.18. The average Bonchev–Trinajstić information content (AvgIpc) is 2.95. The van der Waals surface area contributed by atoms with Crippen LogP contribution < -0.4 is 5.73 Å². The second kappa shape index (κ2) is 5.29. The molecule has 17 heavy (non-hydrogen) atoms. The summed E-state index contributed by atoms with van der Waals surface area (Å²) in [5, 5.41) is 3.96. The molecule has 0 aliphatic heterocycles. The van der Waals surface area contributed by atoms with Crippen LogP contribution in [0.4, 0.5) is 0 Å². The zero-order chi connectivity index (χ0) is 12.4. The van der Waals surface area contributed by atoms with Crippen LogP contribution in [0.25, 0.3) is 10.7 Å². The highest BCUT2D eigenvalue weighted by molar-refractivity contribution is 9.11. The average molecular weight is 316 g/mol. The molecule has 0 unspecified atom stereocenters. The van der Waals surface area contributed by atoms with Crippen molar-refractivity contribution in [3.05, 3.63) is 21.8 Å². The summed E-state index contributed by atoms with van der Waals surface area (Å²) < 4.78 is 6.26. The van der Waals surface area contributed by atoms with E-state index < -0.39 is 0 Å². The Morgan fingerprint density at radius 2 is 2.29 bits per heavy atom. The standard InChI is InChI=1S/C11H14BrN3OS/c1-3-6(2)9(13)11-14-10(15-16-11)7-4-5-8(12)17-7/h4-6,9H,3,13H2,1-2H3/t6-,9-/m0/s1. The van der Waals surface area contributed by atoms with Crippen LogP contribution in [0.15, 0.2) is 20.4 Å². The molecule has 2 heterocycles. The van der Waals surface area contributed by atoms with Gasteiger partial charge in [0.2, 0.25) is 11.7 Å². The topological polar surface area (TPSA) is 64.9 Å². The molecule has 0 aromatic carbocycles. The molecular formula is C11H14BrN3OS. The zero-order valence-electron chi connectivity index (χ0n) is 9.68. The molecule has 92 valence electrons. The molecule has 0 fully saturated rings. The first kappa shape index (κ1) is 12.7. The summed E-state index contributed by atoms with van der Waals surface area (Å²) in [6.45, 7) is 4.18. The Balaban J connectivity index is 2.21. The molecule has 0 saturated heterocycles. The van der Waals surface area contributed by atoms with Crippen molar-refractivity contribution in [1.29, 1.82) is 0 Å². The lowest BCUT2D eigenvalue weighted by atomic mass is 10.0. The highest BCUT2D eigenvalue weighted by Crippen LogP contribution is 2.30. The fourth-order valence-electron chi connectivity index (χ4n) is 1.40. The van der Waals surface area contributed by atoms with Gasteiger partial charge in [0.05, 0.1) is 14.7 Å². The molecule has 2 N–H and O–H groups in total. The highest BCUT2D eigenvalue weighted by Gasteiger charge is 2.20. The van der Waals surface area contributed by atoms with Crippen LogP contribution >= 0.6 is 27.3 Å². The van der Waals surface area contributed by atoms with Gasteiger partial charge in [0.25, 0.3) is 0 Å². The van der Waals surface area contributed by atoms with Crippen LogP contribution in [0.3, 0.4) is 0 Å². The normalized spacial score (nSPS) is 14.8. The van der Waals surface area contributed by atoms with Crippen molar-refractivity contribution in [3.63, 3.8) is 0 Å². The zero-order valence-corrected chi connectivity index (χ0v) is 12.1. The number of nitrogens with zero attached hydrogens (tertiary/aromatic N) is 2. The lowest BCUT2D eigenvalue weighted by Gasteiger charge is -2.12. The minimum atomic E-state index is -0.190. The maximum Gasteiger partial charge on any atom is 0.244 e. The number of thiophene rings is 1. The highest BCUT2D eigenvalue weighted by atomic mass is 79.9. The van der Waals surface area contributed by atoms with Crippen LogP contribution in [0.1, 0.15) is 32.2 Å². The van der Waals surface area contributed by atoms with Crippen molar-refractivity contribution in [2.75, 3.05) is 0 Å². The molecule has 0 aliphatic carbocycles. The molecule has 0 aliphatic rings. The number of hydrogen-bond acceptors (Lipinski definition) is 5. The first-order chi connectivity index (χ1) is 8.11. The van der Waals surface area contributed by atoms with Crippen LogP contribution in [-0.2, 0) is 0 Å². The van der Waals surface area contributed by atoms with Crippen LogP contribution in [-0.4, -0.2) is 10.1 Å². The van der Waals surface area contributed by atoms with E-state index in [0.29, 0.717) is 17.6 Å². The maximum atomic E-state index is 6.04. The second-order valence-electron chi connectivity index (χ2n) is 3.97. The van der Waals surface area contributed by atoms with Gasteiger partial charge in [-0.1, -0.05) is 25.4 Å². The third-order valence-electron chi connectivity index (χ3n) is 2.78. The molecule has 0 spiro atoms. The van der Waals surface area contributed by atoms with Crippen LogP contribution in [0.2, 0.25) is 0 Å². The molecule has 2 rings (SSSR count). The molecule has 6 heteroatoms. The summed E-state index contributed by atoms with van der Waals surface area (Å²) in [4.78, 5) is 5.32. The van der Waals surface area contributed by atoms with E-state index in [4.69, 9.17) is 10.3 Å². The number of rotatable bonds is 4. The van der Waals surface area contributed by atoms with E-state index in [2.05, 4.69) is 39.9 Å². The van der Waals surface area contributed by atoms with Gasteiger partial charge in [0.1, 0.15) is 0 Å². The van der Waals surface area contributed by atoms with E-state index in [1.807, 2.05) is 12.1 Å². The Bertz CT molecular complexity index is 496. The molecule has 2 aromatic rings. The van der Waals surface area contributed by atoms with E-state index >= 15 is 0 Å². The second-order valence-corrected chi connectivity index (χ2v) is 6.43. The van der Waals surface area contributed by atoms with Crippen molar-refractivity contribution < 1.29 is 4.52 Å². The Kier molecular flexibility index (Phi) is 3.96. The lowest BCUT2D eigenvalue weighted by molar-refractivity contribution is 0.312. The van der Waals surface area contributed by atoms with Crippen molar-refractivity contribution >= 4 is 27.3 Å². The number of hydrogen-bond donors (Lipinski definition) is 1. The predicted octanol–water partition coefficient (Wildman–Crippen LogP) is 3.61. The van der Waals surface area contributed by atoms with Gasteiger partial charge in [-0.25, -0.2) is 0 Å².